The predicted octanol–water partition coefficient (Wildman–Crippen LogP) is 3.86. The second-order valence-corrected chi connectivity index (χ2v) is 4.30. The van der Waals surface area contributed by atoms with Crippen LogP contribution in [0.25, 0.3) is 21.3 Å². The predicted molar refractivity (Wildman–Crippen MR) is 63.1 cm³/mol. The number of nitrogens with one attached hydrogen (secondary N) is 1. The van der Waals surface area contributed by atoms with Gasteiger partial charge in [0.2, 0.25) is 0 Å². The molecular weight excluding hydrogens is 200 g/mol. The number of nitrogens with zero attached hydrogens (tertiary/aromatic N) is 3. The second kappa shape index (κ2) is 3.58. The second-order valence-electron chi connectivity index (χ2n) is 4.30. The summed E-state index contributed by atoms with van der Waals surface area (Å²) in [7, 11) is 0. The highest BCUT2D eigenvalue weighted by Gasteiger charge is 2.23. The van der Waals surface area contributed by atoms with E-state index >= 15 is 0 Å². The summed E-state index contributed by atoms with van der Waals surface area (Å²) in [5.74, 6) is 0.778. The topological polar surface area (TPSA) is 64.6 Å². The SMILES string of the molecule is [N-]=[N+]=NCc1cc2cc(C3CC3)ccc2[nH]1. The molecule has 1 fully saturated rings. The summed E-state index contributed by atoms with van der Waals surface area (Å²) in [6.07, 6.45) is 2.64. The first-order valence-electron chi connectivity index (χ1n) is 5.49. The normalized spacial score (nSPS) is 15.0. The van der Waals surface area contributed by atoms with Crippen molar-refractivity contribution in [3.05, 3.63) is 46.0 Å². The Kier molecular flexibility index (Phi) is 2.08. The monoisotopic (exact) mass is 212 g/mol. The van der Waals surface area contributed by atoms with Gasteiger partial charge in [-0.15, -0.1) is 0 Å². The third-order valence-corrected chi connectivity index (χ3v) is 3.05. The summed E-state index contributed by atoms with van der Waals surface area (Å²) in [4.78, 5) is 6.01. The van der Waals surface area contributed by atoms with Gasteiger partial charge in [-0.3, -0.25) is 0 Å². The van der Waals surface area contributed by atoms with E-state index in [-0.39, 0.29) is 0 Å². The Bertz CT molecular complexity index is 574. The van der Waals surface area contributed by atoms with Crippen molar-refractivity contribution < 1.29 is 0 Å². The van der Waals surface area contributed by atoms with Crippen molar-refractivity contribution in [2.24, 2.45) is 5.11 Å². The van der Waals surface area contributed by atoms with Crippen molar-refractivity contribution in [2.75, 3.05) is 0 Å². The van der Waals surface area contributed by atoms with Crippen molar-refractivity contribution in [3.63, 3.8) is 0 Å². The summed E-state index contributed by atoms with van der Waals surface area (Å²) in [5.41, 5.74) is 11.8. The van der Waals surface area contributed by atoms with E-state index in [4.69, 9.17) is 5.53 Å². The van der Waals surface area contributed by atoms with Crippen molar-refractivity contribution in [2.45, 2.75) is 25.3 Å². The van der Waals surface area contributed by atoms with E-state index in [1.165, 1.54) is 23.8 Å². The Balaban J connectivity index is 1.99. The summed E-state index contributed by atoms with van der Waals surface area (Å²) >= 11 is 0. The highest BCUT2D eigenvalue weighted by atomic mass is 15.1. The Morgan fingerprint density at radius 1 is 1.38 bits per heavy atom. The number of aromatic amines is 1. The number of H-pyrrole nitrogens is 1. The Labute approximate surface area is 92.9 Å². The number of hydrogen-bond donors (Lipinski definition) is 1. The quantitative estimate of drug-likeness (QED) is 0.456. The number of hydrogen-bond acceptors (Lipinski definition) is 1. The maximum atomic E-state index is 8.27. The van der Waals surface area contributed by atoms with Crippen LogP contribution in [0.4, 0.5) is 0 Å². The lowest BCUT2D eigenvalue weighted by atomic mass is 10.1. The Morgan fingerprint density at radius 2 is 2.25 bits per heavy atom. The van der Waals surface area contributed by atoms with Gasteiger partial charge >= 0.3 is 0 Å². The third kappa shape index (κ3) is 1.64. The molecule has 0 atom stereocenters. The molecule has 4 nitrogen and oxygen atoms in total. The third-order valence-electron chi connectivity index (χ3n) is 3.05. The molecule has 0 unspecified atom stereocenters. The van der Waals surface area contributed by atoms with Gasteiger partial charge in [0.25, 0.3) is 0 Å². The summed E-state index contributed by atoms with van der Waals surface area (Å²) < 4.78 is 0. The van der Waals surface area contributed by atoms with Gasteiger partial charge in [0, 0.05) is 16.1 Å². The van der Waals surface area contributed by atoms with E-state index in [2.05, 4.69) is 39.3 Å². The van der Waals surface area contributed by atoms with Crippen LogP contribution in [-0.2, 0) is 6.54 Å². The van der Waals surface area contributed by atoms with E-state index < -0.39 is 0 Å². The molecule has 0 spiro atoms. The molecule has 1 heterocycles. The highest BCUT2D eigenvalue weighted by molar-refractivity contribution is 5.81. The molecule has 1 aromatic heterocycles. The molecule has 80 valence electrons. The van der Waals surface area contributed by atoms with Crippen molar-refractivity contribution in [1.29, 1.82) is 0 Å². The van der Waals surface area contributed by atoms with Gasteiger partial charge in [0.1, 0.15) is 0 Å². The zero-order chi connectivity index (χ0) is 11.0. The number of fused-ring (bicyclic) bond motifs is 1. The number of rotatable bonds is 3. The minimum absolute atomic E-state index is 0.393. The van der Waals surface area contributed by atoms with Crippen LogP contribution in [0.3, 0.4) is 0 Å². The zero-order valence-corrected chi connectivity index (χ0v) is 8.85. The average molecular weight is 212 g/mol. The first kappa shape index (κ1) is 9.31. The van der Waals surface area contributed by atoms with Gasteiger partial charge in [-0.05, 0) is 53.4 Å². The van der Waals surface area contributed by atoms with E-state index in [1.54, 1.807) is 0 Å². The van der Waals surface area contributed by atoms with Crippen LogP contribution in [0.1, 0.15) is 30.0 Å². The molecule has 1 aliphatic carbocycles. The average Bonchev–Trinajstić information content (AvgIpc) is 3.06. The maximum Gasteiger partial charge on any atom is 0.0662 e. The number of azide groups is 1. The van der Waals surface area contributed by atoms with Crippen molar-refractivity contribution >= 4 is 10.9 Å². The molecule has 4 heteroatoms. The molecule has 1 N–H and O–H groups in total. The molecule has 0 radical (unpaired) electrons. The van der Waals surface area contributed by atoms with Crippen molar-refractivity contribution in [3.8, 4) is 0 Å². The van der Waals surface area contributed by atoms with Gasteiger partial charge in [-0.2, -0.15) is 0 Å². The molecule has 2 aromatic rings. The van der Waals surface area contributed by atoms with Crippen molar-refractivity contribution in [1.82, 2.24) is 4.98 Å². The van der Waals surface area contributed by atoms with Gasteiger partial charge in [-0.1, -0.05) is 11.2 Å². The van der Waals surface area contributed by atoms with Gasteiger partial charge < -0.3 is 4.98 Å². The first-order valence-corrected chi connectivity index (χ1v) is 5.49. The fourth-order valence-electron chi connectivity index (χ4n) is 2.07. The van der Waals surface area contributed by atoms with E-state index in [1.807, 2.05) is 0 Å². The van der Waals surface area contributed by atoms with E-state index in [0.717, 1.165) is 17.1 Å². The fraction of sp³-hybridized carbons (Fsp3) is 0.333. The highest BCUT2D eigenvalue weighted by Crippen LogP contribution is 2.40. The van der Waals surface area contributed by atoms with Crippen LogP contribution >= 0.6 is 0 Å². The Hall–Kier alpha value is -1.93. The molecule has 1 aromatic carbocycles. The minimum atomic E-state index is 0.393. The summed E-state index contributed by atoms with van der Waals surface area (Å²) in [6, 6.07) is 8.61. The lowest BCUT2D eigenvalue weighted by molar-refractivity contribution is 1.00. The van der Waals surface area contributed by atoms with Crippen LogP contribution < -0.4 is 0 Å². The first-order chi connectivity index (χ1) is 7.86. The molecule has 0 amide bonds. The van der Waals surface area contributed by atoms with Gasteiger partial charge in [0.05, 0.1) is 6.54 Å². The number of benzene rings is 1. The molecule has 1 saturated carbocycles. The minimum Gasteiger partial charge on any atom is -0.358 e. The van der Waals surface area contributed by atoms with Crippen LogP contribution in [-0.4, -0.2) is 4.98 Å². The van der Waals surface area contributed by atoms with Gasteiger partial charge in [-0.25, -0.2) is 0 Å². The molecule has 0 aliphatic heterocycles. The van der Waals surface area contributed by atoms with E-state index in [9.17, 15) is 0 Å². The standard InChI is InChI=1S/C12H12N4/c13-16-14-7-11-6-10-5-9(8-1-2-8)3-4-12(10)15-11/h3-6,8,15H,1-2,7H2. The molecule has 0 bridgehead atoms. The molecular formula is C12H12N4. The summed E-state index contributed by atoms with van der Waals surface area (Å²) in [6.45, 7) is 0.393. The fourth-order valence-corrected chi connectivity index (χ4v) is 2.07. The van der Waals surface area contributed by atoms with Gasteiger partial charge in [0.15, 0.2) is 0 Å². The maximum absolute atomic E-state index is 8.27. The zero-order valence-electron chi connectivity index (χ0n) is 8.85. The lowest BCUT2D eigenvalue weighted by Crippen LogP contribution is -1.78. The summed E-state index contributed by atoms with van der Waals surface area (Å²) in [5, 5.41) is 4.77. The van der Waals surface area contributed by atoms with Crippen LogP contribution in [0, 0.1) is 0 Å². The molecule has 0 saturated heterocycles. The largest absolute Gasteiger partial charge is 0.358 e. The smallest absolute Gasteiger partial charge is 0.0662 e. The van der Waals surface area contributed by atoms with E-state index in [0.29, 0.717) is 6.54 Å². The lowest BCUT2D eigenvalue weighted by Gasteiger charge is -1.96. The molecule has 16 heavy (non-hydrogen) atoms. The molecule has 1 aliphatic rings. The number of aromatic nitrogens is 1. The van der Waals surface area contributed by atoms with Crippen LogP contribution in [0.5, 0.6) is 0 Å². The Morgan fingerprint density at radius 3 is 3.00 bits per heavy atom. The van der Waals surface area contributed by atoms with Crippen LogP contribution in [0.2, 0.25) is 0 Å². The van der Waals surface area contributed by atoms with Crippen LogP contribution in [0.15, 0.2) is 29.4 Å². The molecule has 3 rings (SSSR count).